The molecule has 2 aromatic heterocycles. The van der Waals surface area contributed by atoms with Crippen molar-refractivity contribution in [3.8, 4) is 11.5 Å². The maximum atomic E-state index is 13.3. The number of imidazole rings is 1. The third-order valence-electron chi connectivity index (χ3n) is 8.32. The molecule has 2 aliphatic rings. The van der Waals surface area contributed by atoms with Crippen molar-refractivity contribution in [3.63, 3.8) is 0 Å². The van der Waals surface area contributed by atoms with E-state index in [0.717, 1.165) is 36.2 Å². The van der Waals surface area contributed by atoms with Gasteiger partial charge >= 0.3 is 0 Å². The number of carbonyl (C=O) groups is 3. The first-order valence-electron chi connectivity index (χ1n) is 14.9. The van der Waals surface area contributed by atoms with E-state index in [9.17, 15) is 19.5 Å². The molecule has 44 heavy (non-hydrogen) atoms. The van der Waals surface area contributed by atoms with E-state index in [2.05, 4.69) is 19.4 Å². The highest BCUT2D eigenvalue weighted by Gasteiger charge is 2.39. The molecular formula is C33H35N5O6. The van der Waals surface area contributed by atoms with E-state index in [0.29, 0.717) is 48.2 Å². The average Bonchev–Trinajstić information content (AvgIpc) is 3.46. The summed E-state index contributed by atoms with van der Waals surface area (Å²) >= 11 is 0. The first-order valence-corrected chi connectivity index (χ1v) is 14.9. The maximum Gasteiger partial charge on any atom is 0.277 e. The summed E-state index contributed by atoms with van der Waals surface area (Å²) in [4.78, 5) is 44.7. The van der Waals surface area contributed by atoms with Crippen LogP contribution in [0.25, 0.3) is 11.0 Å². The van der Waals surface area contributed by atoms with Crippen LogP contribution < -0.4 is 19.7 Å². The standard InChI is InChI=1S/C33H35N5O6/c1-3-36-28-16-23(44-20-30(40)34-17-26-29(39)11-8-21(2)35-26)9-10-27(28)37(18-22-12-14-43-15-13-22)31(36)19-38-32(41)24-6-4-5-7-25(24)33(38)42/h4-11,16,22H,3,12-15,17-20H2,1-2H3,(H-,34,39,40). The Kier molecular flexibility index (Phi) is 8.30. The molecule has 2 aromatic carbocycles. The molecule has 0 spiro atoms. The summed E-state index contributed by atoms with van der Waals surface area (Å²) in [5, 5.41) is 14.7. The Balaban J connectivity index is 1.26. The van der Waals surface area contributed by atoms with E-state index in [-0.39, 0.29) is 48.9 Å². The van der Waals surface area contributed by atoms with Gasteiger partial charge in [-0.15, -0.1) is 0 Å². The van der Waals surface area contributed by atoms with Crippen LogP contribution >= 0.6 is 0 Å². The monoisotopic (exact) mass is 597 g/mol. The molecule has 1 saturated heterocycles. The second-order valence-electron chi connectivity index (χ2n) is 11.2. The van der Waals surface area contributed by atoms with E-state index in [1.54, 1.807) is 37.3 Å². The Bertz CT molecular complexity index is 1710. The summed E-state index contributed by atoms with van der Waals surface area (Å²) < 4.78 is 15.8. The van der Waals surface area contributed by atoms with Crippen LogP contribution in [0.5, 0.6) is 11.5 Å². The third-order valence-corrected chi connectivity index (χ3v) is 8.32. The summed E-state index contributed by atoms with van der Waals surface area (Å²) in [6.07, 6.45) is 1.86. The second kappa shape index (κ2) is 12.5. The van der Waals surface area contributed by atoms with Crippen molar-refractivity contribution in [2.24, 2.45) is 5.92 Å². The normalized spacial score (nSPS) is 15.2. The van der Waals surface area contributed by atoms with E-state index < -0.39 is 0 Å². The van der Waals surface area contributed by atoms with E-state index in [1.165, 1.54) is 11.0 Å². The Morgan fingerprint density at radius 3 is 2.52 bits per heavy atom. The van der Waals surface area contributed by atoms with Crippen molar-refractivity contribution in [1.29, 1.82) is 0 Å². The van der Waals surface area contributed by atoms with Gasteiger partial charge in [-0.3, -0.25) is 24.3 Å². The number of imide groups is 1. The number of amides is 3. The van der Waals surface area contributed by atoms with E-state index in [1.807, 2.05) is 25.1 Å². The molecule has 0 unspecified atom stereocenters. The Morgan fingerprint density at radius 1 is 1.09 bits per heavy atom. The number of benzene rings is 2. The fourth-order valence-corrected chi connectivity index (χ4v) is 6.01. The molecule has 0 atom stereocenters. The van der Waals surface area contributed by atoms with Gasteiger partial charge in [-0.25, -0.2) is 9.13 Å². The Morgan fingerprint density at radius 2 is 1.82 bits per heavy atom. The highest BCUT2D eigenvalue weighted by Crippen LogP contribution is 2.28. The number of nitrogens with zero attached hydrogens (tertiary/aromatic N) is 4. The largest absolute Gasteiger partial charge is 0.871 e. The molecule has 4 heterocycles. The van der Waals surface area contributed by atoms with Crippen LogP contribution in [-0.4, -0.2) is 52.0 Å². The number of ether oxygens (including phenoxy) is 2. The fourth-order valence-electron chi connectivity index (χ4n) is 6.01. The fraction of sp³-hybridized carbons (Fsp3) is 0.364. The third kappa shape index (κ3) is 5.74. The molecule has 3 amide bonds. The zero-order chi connectivity index (χ0) is 30.8. The summed E-state index contributed by atoms with van der Waals surface area (Å²) in [6.45, 7) is 6.47. The van der Waals surface area contributed by atoms with Gasteiger partial charge in [-0.1, -0.05) is 23.9 Å². The molecule has 0 bridgehead atoms. The average molecular weight is 598 g/mol. The maximum absolute atomic E-state index is 13.3. The van der Waals surface area contributed by atoms with Crippen LogP contribution in [0.15, 0.2) is 54.6 Å². The number of aryl methyl sites for hydroxylation is 2. The molecular weight excluding hydrogens is 562 g/mol. The molecule has 0 aliphatic carbocycles. The van der Waals surface area contributed by atoms with Gasteiger partial charge in [0, 0.05) is 30.9 Å². The number of carbonyl (C=O) groups excluding carboxylic acids is 3. The SMILES string of the molecule is CCn1c(CN2C(=O)c3ccccc3C2=O)[n+](CC2CCOCC2)c2ccc(OCC(=O)NCc3nc(C)ccc3[O-])cc21. The lowest BCUT2D eigenvalue weighted by atomic mass is 10.0. The molecule has 6 rings (SSSR count). The quantitative estimate of drug-likeness (QED) is 0.220. The van der Waals surface area contributed by atoms with Crippen LogP contribution in [0, 0.1) is 12.8 Å². The number of pyridine rings is 1. The lowest BCUT2D eigenvalue weighted by Gasteiger charge is -2.21. The highest BCUT2D eigenvalue weighted by atomic mass is 16.5. The minimum Gasteiger partial charge on any atom is -0.871 e. The van der Waals surface area contributed by atoms with Crippen LogP contribution in [0.4, 0.5) is 0 Å². The van der Waals surface area contributed by atoms with Crippen LogP contribution in [0.3, 0.4) is 0 Å². The van der Waals surface area contributed by atoms with Crippen molar-refractivity contribution in [2.75, 3.05) is 19.8 Å². The molecule has 228 valence electrons. The highest BCUT2D eigenvalue weighted by molar-refractivity contribution is 6.21. The number of nitrogens with one attached hydrogen (secondary N) is 1. The number of aromatic nitrogens is 3. The Labute approximate surface area is 255 Å². The molecule has 4 aromatic rings. The van der Waals surface area contributed by atoms with Crippen molar-refractivity contribution in [3.05, 3.63) is 82.9 Å². The number of rotatable bonds is 10. The van der Waals surface area contributed by atoms with Crippen molar-refractivity contribution in [1.82, 2.24) is 19.8 Å². The van der Waals surface area contributed by atoms with Crippen molar-refractivity contribution >= 4 is 28.8 Å². The van der Waals surface area contributed by atoms with Gasteiger partial charge in [0.1, 0.15) is 12.3 Å². The topological polar surface area (TPSA) is 130 Å². The van der Waals surface area contributed by atoms with Gasteiger partial charge in [-0.05, 0) is 57.0 Å². The molecule has 11 nitrogen and oxygen atoms in total. The van der Waals surface area contributed by atoms with Gasteiger partial charge in [-0.2, -0.15) is 0 Å². The van der Waals surface area contributed by atoms with Crippen LogP contribution in [0.2, 0.25) is 0 Å². The number of fused-ring (bicyclic) bond motifs is 2. The first-order chi connectivity index (χ1) is 21.3. The van der Waals surface area contributed by atoms with Crippen molar-refractivity contribution < 1.29 is 33.5 Å². The van der Waals surface area contributed by atoms with Crippen molar-refractivity contribution in [2.45, 2.75) is 52.9 Å². The lowest BCUT2D eigenvalue weighted by molar-refractivity contribution is -0.687. The summed E-state index contributed by atoms with van der Waals surface area (Å²) in [5.74, 6) is 0.546. The minimum absolute atomic E-state index is 0.0216. The smallest absolute Gasteiger partial charge is 0.277 e. The zero-order valence-corrected chi connectivity index (χ0v) is 24.9. The van der Waals surface area contributed by atoms with Crippen LogP contribution in [-0.2, 0) is 35.7 Å². The predicted molar refractivity (Wildman–Crippen MR) is 158 cm³/mol. The molecule has 11 heteroatoms. The van der Waals surface area contributed by atoms with Gasteiger partial charge in [0.05, 0.1) is 36.5 Å². The van der Waals surface area contributed by atoms with Crippen LogP contribution in [0.1, 0.15) is 57.7 Å². The van der Waals surface area contributed by atoms with E-state index >= 15 is 0 Å². The minimum atomic E-state index is -0.375. The van der Waals surface area contributed by atoms with Gasteiger partial charge in [0.2, 0.25) is 0 Å². The Hall–Kier alpha value is -4.77. The van der Waals surface area contributed by atoms with E-state index in [4.69, 9.17) is 9.47 Å². The number of hydrogen-bond donors (Lipinski definition) is 1. The molecule has 0 saturated carbocycles. The van der Waals surface area contributed by atoms with Gasteiger partial charge in [0.25, 0.3) is 23.5 Å². The second-order valence-corrected chi connectivity index (χ2v) is 11.2. The predicted octanol–water partition coefficient (Wildman–Crippen LogP) is 2.64. The summed E-state index contributed by atoms with van der Waals surface area (Å²) in [6, 6.07) is 15.7. The van der Waals surface area contributed by atoms with Gasteiger partial charge < -0.3 is 19.9 Å². The lowest BCUT2D eigenvalue weighted by Crippen LogP contribution is -2.45. The summed E-state index contributed by atoms with van der Waals surface area (Å²) in [5.41, 5.74) is 3.66. The van der Waals surface area contributed by atoms with Gasteiger partial charge in [0.15, 0.2) is 17.6 Å². The number of hydrogen-bond acceptors (Lipinski definition) is 7. The first kappa shape index (κ1) is 29.3. The summed E-state index contributed by atoms with van der Waals surface area (Å²) in [7, 11) is 0. The zero-order valence-electron chi connectivity index (χ0n) is 24.9. The molecule has 0 radical (unpaired) electrons. The molecule has 1 fully saturated rings. The molecule has 1 N–H and O–H groups in total. The molecule has 2 aliphatic heterocycles.